The van der Waals surface area contributed by atoms with Crippen LogP contribution >= 0.6 is 0 Å². The minimum Gasteiger partial charge on any atom is -0.345 e. The Bertz CT molecular complexity index is 1110. The van der Waals surface area contributed by atoms with E-state index in [1.807, 2.05) is 6.07 Å². The van der Waals surface area contributed by atoms with E-state index < -0.39 is 0 Å². The van der Waals surface area contributed by atoms with Gasteiger partial charge in [-0.1, -0.05) is 72.3 Å². The summed E-state index contributed by atoms with van der Waals surface area (Å²) in [4.78, 5) is 4.83. The molecule has 3 aromatic carbocycles. The van der Waals surface area contributed by atoms with Crippen LogP contribution in [0.15, 0.2) is 84.9 Å². The van der Waals surface area contributed by atoms with Gasteiger partial charge < -0.3 is 5.32 Å². The molecule has 26 heavy (non-hydrogen) atoms. The lowest BCUT2D eigenvalue weighted by Gasteiger charge is -2.26. The molecule has 0 bridgehead atoms. The second-order valence-corrected chi connectivity index (χ2v) is 6.71. The highest BCUT2D eigenvalue weighted by atomic mass is 15.2. The number of benzene rings is 3. The first kappa shape index (κ1) is 15.0. The fourth-order valence-corrected chi connectivity index (χ4v) is 3.57. The summed E-state index contributed by atoms with van der Waals surface area (Å²) >= 11 is 0. The van der Waals surface area contributed by atoms with Crippen molar-refractivity contribution in [3.05, 3.63) is 102 Å². The minimum absolute atomic E-state index is 0.0927. The third-order valence-electron chi connectivity index (χ3n) is 4.92. The van der Waals surface area contributed by atoms with E-state index in [2.05, 4.69) is 95.7 Å². The molecule has 0 aliphatic carbocycles. The minimum atomic E-state index is 0.0927. The third kappa shape index (κ3) is 2.40. The number of aromatic nitrogens is 2. The molecule has 126 valence electrons. The van der Waals surface area contributed by atoms with Crippen LogP contribution in [0.3, 0.4) is 0 Å². The topological polar surface area (TPSA) is 29.9 Å². The van der Waals surface area contributed by atoms with Crippen molar-refractivity contribution in [1.82, 2.24) is 9.55 Å². The molecule has 0 radical (unpaired) electrons. The normalized spacial score (nSPS) is 16.0. The Kier molecular flexibility index (Phi) is 3.39. The van der Waals surface area contributed by atoms with Gasteiger partial charge in [0.25, 0.3) is 0 Å². The Morgan fingerprint density at radius 3 is 2.38 bits per heavy atom. The smallest absolute Gasteiger partial charge is 0.209 e. The number of rotatable bonds is 2. The van der Waals surface area contributed by atoms with Crippen molar-refractivity contribution in [2.24, 2.45) is 0 Å². The number of aryl methyl sites for hydroxylation is 1. The van der Waals surface area contributed by atoms with Gasteiger partial charge in [0, 0.05) is 0 Å². The Balaban J connectivity index is 1.72. The predicted molar refractivity (Wildman–Crippen MR) is 107 cm³/mol. The largest absolute Gasteiger partial charge is 0.345 e. The van der Waals surface area contributed by atoms with Crippen LogP contribution < -0.4 is 5.32 Å². The number of para-hydroxylation sites is 2. The van der Waals surface area contributed by atoms with Gasteiger partial charge in [-0.25, -0.2) is 4.98 Å². The summed E-state index contributed by atoms with van der Waals surface area (Å²) < 4.78 is 2.22. The van der Waals surface area contributed by atoms with Gasteiger partial charge in [0.05, 0.1) is 22.8 Å². The van der Waals surface area contributed by atoms with Crippen molar-refractivity contribution < 1.29 is 0 Å². The number of imidazole rings is 1. The van der Waals surface area contributed by atoms with Gasteiger partial charge in [-0.05, 0) is 36.3 Å². The zero-order valence-electron chi connectivity index (χ0n) is 14.6. The monoisotopic (exact) mass is 337 g/mol. The second kappa shape index (κ2) is 5.88. The number of hydrogen-bond acceptors (Lipinski definition) is 2. The summed E-state index contributed by atoms with van der Waals surface area (Å²) in [5, 5.41) is 3.60. The molecular weight excluding hydrogens is 318 g/mol. The third-order valence-corrected chi connectivity index (χ3v) is 4.92. The van der Waals surface area contributed by atoms with Crippen LogP contribution in [0.2, 0.25) is 0 Å². The van der Waals surface area contributed by atoms with E-state index in [9.17, 15) is 0 Å². The first-order valence-electron chi connectivity index (χ1n) is 8.88. The fourth-order valence-electron chi connectivity index (χ4n) is 3.57. The van der Waals surface area contributed by atoms with Gasteiger partial charge in [-0.3, -0.25) is 4.57 Å². The molecule has 1 N–H and O–H groups in total. The molecule has 4 aromatic rings. The highest BCUT2D eigenvalue weighted by molar-refractivity contribution is 5.88. The van der Waals surface area contributed by atoms with Crippen LogP contribution in [0.5, 0.6) is 0 Å². The Labute approximate surface area is 152 Å². The molecule has 2 heterocycles. The molecule has 3 nitrogen and oxygen atoms in total. The molecule has 1 aromatic heterocycles. The Morgan fingerprint density at radius 2 is 1.58 bits per heavy atom. The summed E-state index contributed by atoms with van der Waals surface area (Å²) in [6.07, 6.45) is 2.29. The molecule has 0 spiro atoms. The number of hydrogen-bond donors (Lipinski definition) is 1. The van der Waals surface area contributed by atoms with Crippen LogP contribution in [0.25, 0.3) is 16.7 Å². The van der Waals surface area contributed by atoms with Crippen LogP contribution in [-0.4, -0.2) is 9.55 Å². The standard InChI is InChI=1S/C23H19N3/c1-16-11-13-17(14-12-16)20-15-22(18-7-3-2-4-8-18)26-21-10-6-5-9-19(21)24-23(26)25-20/h2-15,20H,1H3,(H,24,25). The molecule has 0 saturated carbocycles. The molecule has 0 saturated heterocycles. The molecule has 0 amide bonds. The van der Waals surface area contributed by atoms with Crippen molar-refractivity contribution in [1.29, 1.82) is 0 Å². The average molecular weight is 337 g/mol. The number of nitrogens with one attached hydrogen (secondary N) is 1. The van der Waals surface area contributed by atoms with Crippen molar-refractivity contribution in [3.8, 4) is 0 Å². The maximum atomic E-state index is 4.83. The van der Waals surface area contributed by atoms with Crippen molar-refractivity contribution in [2.75, 3.05) is 5.32 Å². The maximum absolute atomic E-state index is 4.83. The van der Waals surface area contributed by atoms with Gasteiger partial charge in [-0.15, -0.1) is 0 Å². The molecule has 1 aliphatic heterocycles. The first-order chi connectivity index (χ1) is 12.8. The highest BCUT2D eigenvalue weighted by Crippen LogP contribution is 2.36. The summed E-state index contributed by atoms with van der Waals surface area (Å²) in [7, 11) is 0. The van der Waals surface area contributed by atoms with Gasteiger partial charge in [-0.2, -0.15) is 0 Å². The molecule has 5 rings (SSSR count). The van der Waals surface area contributed by atoms with Gasteiger partial charge in [0.2, 0.25) is 5.95 Å². The lowest BCUT2D eigenvalue weighted by atomic mass is 10.0. The zero-order valence-corrected chi connectivity index (χ0v) is 14.6. The first-order valence-corrected chi connectivity index (χ1v) is 8.88. The lowest BCUT2D eigenvalue weighted by molar-refractivity contribution is 0.899. The summed E-state index contributed by atoms with van der Waals surface area (Å²) in [5.41, 5.74) is 6.98. The van der Waals surface area contributed by atoms with E-state index in [1.165, 1.54) is 22.4 Å². The van der Waals surface area contributed by atoms with Gasteiger partial charge in [0.1, 0.15) is 0 Å². The molecule has 1 atom stereocenters. The lowest BCUT2D eigenvalue weighted by Crippen LogP contribution is -2.19. The summed E-state index contributed by atoms with van der Waals surface area (Å²) in [5.74, 6) is 0.887. The Hall–Kier alpha value is -3.33. The van der Waals surface area contributed by atoms with Crippen LogP contribution in [0.4, 0.5) is 5.95 Å². The SMILES string of the molecule is Cc1ccc(C2C=C(c3ccccc3)n3c(nc4ccccc43)N2)cc1. The molecule has 1 unspecified atom stereocenters. The van der Waals surface area contributed by atoms with Crippen molar-refractivity contribution in [2.45, 2.75) is 13.0 Å². The van der Waals surface area contributed by atoms with Crippen LogP contribution in [0, 0.1) is 6.92 Å². The van der Waals surface area contributed by atoms with E-state index in [-0.39, 0.29) is 6.04 Å². The van der Waals surface area contributed by atoms with Crippen LogP contribution in [0.1, 0.15) is 22.7 Å². The molecule has 1 aliphatic rings. The summed E-state index contributed by atoms with van der Waals surface area (Å²) in [6, 6.07) is 27.6. The molecule has 3 heteroatoms. The summed E-state index contributed by atoms with van der Waals surface area (Å²) in [6.45, 7) is 2.11. The molecule has 0 fully saturated rings. The average Bonchev–Trinajstić information content (AvgIpc) is 3.07. The fraction of sp³-hybridized carbons (Fsp3) is 0.0870. The van der Waals surface area contributed by atoms with Gasteiger partial charge >= 0.3 is 0 Å². The van der Waals surface area contributed by atoms with E-state index in [4.69, 9.17) is 4.98 Å². The number of fused-ring (bicyclic) bond motifs is 3. The maximum Gasteiger partial charge on any atom is 0.209 e. The van der Waals surface area contributed by atoms with Crippen molar-refractivity contribution >= 4 is 22.7 Å². The highest BCUT2D eigenvalue weighted by Gasteiger charge is 2.24. The zero-order chi connectivity index (χ0) is 17.5. The predicted octanol–water partition coefficient (Wildman–Crippen LogP) is 5.40. The van der Waals surface area contributed by atoms with E-state index in [0.29, 0.717) is 0 Å². The van der Waals surface area contributed by atoms with E-state index in [1.54, 1.807) is 0 Å². The second-order valence-electron chi connectivity index (χ2n) is 6.71. The molecular formula is C23H19N3. The van der Waals surface area contributed by atoms with Crippen molar-refractivity contribution in [3.63, 3.8) is 0 Å². The quantitative estimate of drug-likeness (QED) is 0.531. The number of anilines is 1. The van der Waals surface area contributed by atoms with Crippen LogP contribution in [-0.2, 0) is 0 Å². The number of nitrogens with zero attached hydrogens (tertiary/aromatic N) is 2. The Morgan fingerprint density at radius 1 is 0.846 bits per heavy atom. The van der Waals surface area contributed by atoms with E-state index >= 15 is 0 Å². The van der Waals surface area contributed by atoms with Gasteiger partial charge in [0.15, 0.2) is 0 Å². The van der Waals surface area contributed by atoms with E-state index in [0.717, 1.165) is 17.0 Å².